The lowest BCUT2D eigenvalue weighted by Crippen LogP contribution is -2.41. The number of rotatable bonds is 4. The lowest BCUT2D eigenvalue weighted by Gasteiger charge is -2.32. The Labute approximate surface area is 131 Å². The van der Waals surface area contributed by atoms with Gasteiger partial charge in [0.2, 0.25) is 5.91 Å². The van der Waals surface area contributed by atoms with Crippen LogP contribution in [-0.4, -0.2) is 30.3 Å². The van der Waals surface area contributed by atoms with Crippen molar-refractivity contribution in [2.24, 2.45) is 5.73 Å². The number of hydrogen-bond donors (Lipinski definition) is 1. The van der Waals surface area contributed by atoms with Gasteiger partial charge in [-0.05, 0) is 52.7 Å². The highest BCUT2D eigenvalue weighted by molar-refractivity contribution is 6.64. The third kappa shape index (κ3) is 2.61. The van der Waals surface area contributed by atoms with Gasteiger partial charge in [-0.1, -0.05) is 6.07 Å². The van der Waals surface area contributed by atoms with Crippen molar-refractivity contribution in [3.8, 4) is 5.75 Å². The summed E-state index contributed by atoms with van der Waals surface area (Å²) in [5, 5.41) is 0. The third-order valence-electron chi connectivity index (χ3n) is 4.64. The summed E-state index contributed by atoms with van der Waals surface area (Å²) in [6.45, 7) is 7.89. The van der Waals surface area contributed by atoms with E-state index in [2.05, 4.69) is 0 Å². The summed E-state index contributed by atoms with van der Waals surface area (Å²) in [4.78, 5) is 11.8. The summed E-state index contributed by atoms with van der Waals surface area (Å²) in [6, 6.07) is 5.29. The maximum atomic E-state index is 11.8. The molecule has 5 nitrogen and oxygen atoms in total. The first-order valence-electron chi connectivity index (χ1n) is 7.66. The van der Waals surface area contributed by atoms with Crippen LogP contribution < -0.4 is 15.9 Å². The molecule has 118 valence electrons. The molecule has 0 spiro atoms. The van der Waals surface area contributed by atoms with E-state index in [1.54, 1.807) is 12.1 Å². The smallest absolute Gasteiger partial charge is 0.491 e. The highest BCUT2D eigenvalue weighted by Crippen LogP contribution is 2.38. The number of carbonyl (C=O) groups is 1. The van der Waals surface area contributed by atoms with Crippen molar-refractivity contribution in [2.45, 2.75) is 57.8 Å². The van der Waals surface area contributed by atoms with Crippen LogP contribution in [0.1, 0.15) is 50.9 Å². The number of carbonyl (C=O) groups excluding carboxylic acids is 1. The summed E-state index contributed by atoms with van der Waals surface area (Å²) in [7, 11) is -0.664. The lowest BCUT2D eigenvalue weighted by atomic mass is 9.75. The molecule has 0 unspecified atom stereocenters. The maximum absolute atomic E-state index is 11.8. The van der Waals surface area contributed by atoms with Crippen LogP contribution in [0, 0.1) is 0 Å². The van der Waals surface area contributed by atoms with Gasteiger partial charge in [-0.15, -0.1) is 0 Å². The Bertz CT molecular complexity index is 594. The van der Waals surface area contributed by atoms with Gasteiger partial charge in [-0.25, -0.2) is 0 Å². The first-order valence-corrected chi connectivity index (χ1v) is 7.66. The molecule has 2 aliphatic rings. The minimum absolute atomic E-state index is 0.212. The second kappa shape index (κ2) is 5.00. The second-order valence-corrected chi connectivity index (χ2v) is 6.99. The molecule has 1 aliphatic heterocycles. The number of amides is 1. The van der Waals surface area contributed by atoms with Gasteiger partial charge in [0, 0.05) is 11.0 Å². The summed E-state index contributed by atoms with van der Waals surface area (Å²) in [6.07, 6.45) is 2.28. The summed E-state index contributed by atoms with van der Waals surface area (Å²) >= 11 is 0. The Morgan fingerprint density at radius 3 is 2.32 bits per heavy atom. The van der Waals surface area contributed by atoms with Crippen LogP contribution in [-0.2, 0) is 9.31 Å². The molecule has 0 radical (unpaired) electrons. The number of benzene rings is 1. The lowest BCUT2D eigenvalue weighted by molar-refractivity contribution is 0.00578. The van der Waals surface area contributed by atoms with Crippen LogP contribution in [0.5, 0.6) is 5.75 Å². The molecule has 0 atom stereocenters. The van der Waals surface area contributed by atoms with Gasteiger partial charge < -0.3 is 19.8 Å². The fourth-order valence-corrected chi connectivity index (χ4v) is 2.43. The van der Waals surface area contributed by atoms with Gasteiger partial charge in [0.1, 0.15) is 5.75 Å². The Hall–Kier alpha value is -1.53. The summed E-state index contributed by atoms with van der Waals surface area (Å²) < 4.78 is 18.1. The molecular formula is C16H22BNO4. The topological polar surface area (TPSA) is 70.8 Å². The molecule has 1 saturated carbocycles. The Morgan fingerprint density at radius 2 is 1.82 bits per heavy atom. The van der Waals surface area contributed by atoms with Gasteiger partial charge in [0.25, 0.3) is 0 Å². The van der Waals surface area contributed by atoms with Crippen molar-refractivity contribution < 1.29 is 18.8 Å². The van der Waals surface area contributed by atoms with Crippen molar-refractivity contribution in [1.82, 2.24) is 0 Å². The molecule has 1 aromatic rings. The quantitative estimate of drug-likeness (QED) is 0.858. The third-order valence-corrected chi connectivity index (χ3v) is 4.64. The van der Waals surface area contributed by atoms with Crippen LogP contribution in [0.4, 0.5) is 0 Å². The zero-order valence-corrected chi connectivity index (χ0v) is 13.5. The monoisotopic (exact) mass is 303 g/mol. The normalized spacial score (nSPS) is 22.6. The maximum Gasteiger partial charge on any atom is 0.499 e. The molecule has 1 aromatic carbocycles. The van der Waals surface area contributed by atoms with Crippen molar-refractivity contribution in [1.29, 1.82) is 0 Å². The Kier molecular flexibility index (Phi) is 3.49. The molecule has 2 fully saturated rings. The first kappa shape index (κ1) is 15.4. The molecule has 1 amide bonds. The molecule has 2 N–H and O–H groups in total. The fraction of sp³-hybridized carbons (Fsp3) is 0.562. The number of primary amides is 1. The van der Waals surface area contributed by atoms with E-state index in [0.717, 1.165) is 12.8 Å². The first-order chi connectivity index (χ1) is 10.2. The van der Waals surface area contributed by atoms with Crippen LogP contribution >= 0.6 is 0 Å². The van der Waals surface area contributed by atoms with Crippen LogP contribution in [0.15, 0.2) is 18.2 Å². The van der Waals surface area contributed by atoms with Gasteiger partial charge in [0.05, 0.1) is 17.3 Å². The van der Waals surface area contributed by atoms with E-state index >= 15 is 0 Å². The fourth-order valence-electron chi connectivity index (χ4n) is 2.43. The minimum Gasteiger partial charge on any atom is -0.491 e. The van der Waals surface area contributed by atoms with E-state index in [-0.39, 0.29) is 6.10 Å². The molecule has 1 saturated heterocycles. The van der Waals surface area contributed by atoms with Crippen LogP contribution in [0.3, 0.4) is 0 Å². The highest BCUT2D eigenvalue weighted by atomic mass is 16.7. The SMILES string of the molecule is CC1(C)OB(c2c(OC3CC3)cccc2C(N)=O)OC1(C)C. The zero-order valence-electron chi connectivity index (χ0n) is 13.5. The molecule has 6 heteroatoms. The van der Waals surface area contributed by atoms with Crippen LogP contribution in [0.25, 0.3) is 0 Å². The average Bonchev–Trinajstić information content (AvgIpc) is 3.17. The second-order valence-electron chi connectivity index (χ2n) is 6.99. The molecule has 0 aromatic heterocycles. The van der Waals surface area contributed by atoms with Gasteiger partial charge >= 0.3 is 7.12 Å². The number of hydrogen-bond acceptors (Lipinski definition) is 4. The molecule has 0 bridgehead atoms. The molecule has 1 aliphatic carbocycles. The molecule has 22 heavy (non-hydrogen) atoms. The van der Waals surface area contributed by atoms with Crippen molar-refractivity contribution in [3.05, 3.63) is 23.8 Å². The van der Waals surface area contributed by atoms with Crippen molar-refractivity contribution >= 4 is 18.5 Å². The largest absolute Gasteiger partial charge is 0.499 e. The van der Waals surface area contributed by atoms with E-state index in [1.807, 2.05) is 33.8 Å². The molecular weight excluding hydrogens is 281 g/mol. The van der Waals surface area contributed by atoms with E-state index in [0.29, 0.717) is 16.8 Å². The van der Waals surface area contributed by atoms with E-state index < -0.39 is 24.2 Å². The summed E-state index contributed by atoms with van der Waals surface area (Å²) in [5.74, 6) is 0.114. The average molecular weight is 303 g/mol. The van der Waals surface area contributed by atoms with Crippen molar-refractivity contribution in [3.63, 3.8) is 0 Å². The minimum atomic E-state index is -0.664. The predicted molar refractivity (Wildman–Crippen MR) is 84.3 cm³/mol. The van der Waals surface area contributed by atoms with E-state index in [1.165, 1.54) is 0 Å². The van der Waals surface area contributed by atoms with Crippen LogP contribution in [0.2, 0.25) is 0 Å². The zero-order chi connectivity index (χ0) is 16.1. The van der Waals surface area contributed by atoms with Crippen molar-refractivity contribution in [2.75, 3.05) is 0 Å². The Morgan fingerprint density at radius 1 is 1.23 bits per heavy atom. The van der Waals surface area contributed by atoms with E-state index in [9.17, 15) is 4.79 Å². The number of ether oxygens (including phenoxy) is 1. The van der Waals surface area contributed by atoms with E-state index in [4.69, 9.17) is 19.8 Å². The molecule has 3 rings (SSSR count). The summed E-state index contributed by atoms with van der Waals surface area (Å²) in [5.41, 5.74) is 5.54. The van der Waals surface area contributed by atoms with Gasteiger partial charge in [-0.2, -0.15) is 0 Å². The molecule has 1 heterocycles. The highest BCUT2D eigenvalue weighted by Gasteiger charge is 2.53. The van der Waals surface area contributed by atoms with Gasteiger partial charge in [-0.3, -0.25) is 4.79 Å². The number of nitrogens with two attached hydrogens (primary N) is 1. The standard InChI is InChI=1S/C16H22BNO4/c1-15(2)16(3,4)22-17(21-15)13-11(14(18)19)6-5-7-12(13)20-10-8-9-10/h5-7,10H,8-9H2,1-4H3,(H2,18,19). The predicted octanol–water partition coefficient (Wildman–Crippen LogP) is 1.63. The Balaban J connectivity index is 2.02. The van der Waals surface area contributed by atoms with Gasteiger partial charge in [0.15, 0.2) is 0 Å².